The molecular weight excluding hydrogens is 458 g/mol. The minimum Gasteiger partial charge on any atom is -0.344 e. The molecule has 0 radical (unpaired) electrons. The summed E-state index contributed by atoms with van der Waals surface area (Å²) in [4.78, 5) is 2.44. The number of hydrogen-bond donors (Lipinski definition) is 0. The molecule has 1 aliphatic heterocycles. The highest BCUT2D eigenvalue weighted by Gasteiger charge is 2.42. The maximum absolute atomic E-state index is 2.44. The zero-order valence-corrected chi connectivity index (χ0v) is 22.7. The van der Waals surface area contributed by atoms with Crippen LogP contribution in [0.15, 0.2) is 97.1 Å². The molecule has 0 atom stereocenters. The van der Waals surface area contributed by atoms with Gasteiger partial charge in [0.05, 0.1) is 0 Å². The van der Waals surface area contributed by atoms with Gasteiger partial charge < -0.3 is 4.90 Å². The third kappa shape index (κ3) is 2.48. The van der Waals surface area contributed by atoms with Crippen LogP contribution in [-0.2, 0) is 10.8 Å². The first-order valence-electron chi connectivity index (χ1n) is 13.7. The van der Waals surface area contributed by atoms with E-state index < -0.39 is 0 Å². The molecule has 0 bridgehead atoms. The van der Waals surface area contributed by atoms with Crippen molar-refractivity contribution >= 4 is 11.4 Å². The number of nitrogens with zero attached hydrogens (tertiary/aromatic N) is 1. The summed E-state index contributed by atoms with van der Waals surface area (Å²) in [7, 11) is 2.25. The van der Waals surface area contributed by atoms with Gasteiger partial charge in [-0.2, -0.15) is 0 Å². The predicted octanol–water partition coefficient (Wildman–Crippen LogP) is 9.71. The van der Waals surface area contributed by atoms with Crippen LogP contribution in [-0.4, -0.2) is 7.05 Å². The van der Waals surface area contributed by atoms with E-state index in [0.717, 1.165) is 0 Å². The highest BCUT2D eigenvalue weighted by molar-refractivity contribution is 6.11. The molecule has 2 aliphatic carbocycles. The van der Waals surface area contributed by atoms with E-state index in [1.165, 1.54) is 78.1 Å². The van der Waals surface area contributed by atoms with Crippen LogP contribution in [0.5, 0.6) is 0 Å². The fourth-order valence-electron chi connectivity index (χ4n) is 7.72. The highest BCUT2D eigenvalue weighted by atomic mass is 15.1. The molecule has 0 aromatic heterocycles. The van der Waals surface area contributed by atoms with Crippen molar-refractivity contribution in [1.82, 2.24) is 0 Å². The third-order valence-corrected chi connectivity index (χ3v) is 9.64. The zero-order valence-electron chi connectivity index (χ0n) is 22.7. The highest BCUT2D eigenvalue weighted by Crippen LogP contribution is 2.61. The maximum Gasteiger partial charge on any atom is 0.0494 e. The number of rotatable bonds is 0. The molecule has 38 heavy (non-hydrogen) atoms. The summed E-state index contributed by atoms with van der Waals surface area (Å²) in [6, 6.07) is 36.6. The molecule has 5 aromatic rings. The first-order valence-corrected chi connectivity index (χ1v) is 13.7. The van der Waals surface area contributed by atoms with E-state index in [-0.39, 0.29) is 10.8 Å². The van der Waals surface area contributed by atoms with Gasteiger partial charge in [0, 0.05) is 40.4 Å². The summed E-state index contributed by atoms with van der Waals surface area (Å²) in [5, 5.41) is 0. The average molecular weight is 490 g/mol. The molecule has 0 saturated carbocycles. The van der Waals surface area contributed by atoms with E-state index in [2.05, 4.69) is 137 Å². The van der Waals surface area contributed by atoms with Gasteiger partial charge in [-0.15, -0.1) is 0 Å². The fraction of sp³-hybridized carbons (Fsp3) is 0.189. The molecular formula is C37H31N. The standard InChI is InChI=1S/C37H31N/c1-36(2)26-16-10-8-14-24(26)32-28(36)18-20-30-34(32)22-12-6-7-13-23(22)35-31(38(30)5)21-19-29-33(35)25-15-9-11-17-27(25)37(29,3)4/h6-21H,1-5H3. The Morgan fingerprint density at radius 1 is 0.395 bits per heavy atom. The van der Waals surface area contributed by atoms with Gasteiger partial charge in [0.25, 0.3) is 0 Å². The van der Waals surface area contributed by atoms with Crippen molar-refractivity contribution in [1.29, 1.82) is 0 Å². The lowest BCUT2D eigenvalue weighted by Gasteiger charge is -2.27. The summed E-state index contributed by atoms with van der Waals surface area (Å²) in [6.45, 7) is 9.49. The van der Waals surface area contributed by atoms with Crippen LogP contribution in [0.3, 0.4) is 0 Å². The molecule has 0 amide bonds. The normalized spacial score (nSPS) is 16.4. The Morgan fingerprint density at radius 3 is 1.18 bits per heavy atom. The van der Waals surface area contributed by atoms with Crippen molar-refractivity contribution < 1.29 is 0 Å². The van der Waals surface area contributed by atoms with Gasteiger partial charge in [0.15, 0.2) is 0 Å². The van der Waals surface area contributed by atoms with Crippen molar-refractivity contribution in [2.24, 2.45) is 0 Å². The van der Waals surface area contributed by atoms with Crippen LogP contribution in [0.25, 0.3) is 44.5 Å². The summed E-state index contributed by atoms with van der Waals surface area (Å²) in [5.74, 6) is 0. The molecule has 1 heteroatoms. The number of hydrogen-bond acceptors (Lipinski definition) is 1. The van der Waals surface area contributed by atoms with Crippen LogP contribution in [0, 0.1) is 0 Å². The number of anilines is 2. The Bertz CT molecular complexity index is 1700. The van der Waals surface area contributed by atoms with Gasteiger partial charge in [0.1, 0.15) is 0 Å². The topological polar surface area (TPSA) is 3.24 Å². The predicted molar refractivity (Wildman–Crippen MR) is 161 cm³/mol. The van der Waals surface area contributed by atoms with Gasteiger partial charge in [0.2, 0.25) is 0 Å². The number of fused-ring (bicyclic) bond motifs is 13. The summed E-state index contributed by atoms with van der Waals surface area (Å²) >= 11 is 0. The molecule has 0 unspecified atom stereocenters. The lowest BCUT2D eigenvalue weighted by molar-refractivity contribution is 0.660. The van der Waals surface area contributed by atoms with Gasteiger partial charge in [-0.05, 0) is 67.8 Å². The van der Waals surface area contributed by atoms with E-state index in [9.17, 15) is 0 Å². The molecule has 184 valence electrons. The lowest BCUT2D eigenvalue weighted by atomic mass is 9.80. The van der Waals surface area contributed by atoms with Gasteiger partial charge in [-0.3, -0.25) is 0 Å². The first-order chi connectivity index (χ1) is 18.3. The summed E-state index contributed by atoms with van der Waals surface area (Å²) in [6.07, 6.45) is 0. The molecule has 0 fully saturated rings. The van der Waals surface area contributed by atoms with E-state index in [4.69, 9.17) is 0 Å². The van der Waals surface area contributed by atoms with E-state index >= 15 is 0 Å². The summed E-state index contributed by atoms with van der Waals surface area (Å²) < 4.78 is 0. The van der Waals surface area contributed by atoms with E-state index in [1.807, 2.05) is 0 Å². The van der Waals surface area contributed by atoms with Crippen LogP contribution in [0.1, 0.15) is 49.9 Å². The van der Waals surface area contributed by atoms with Crippen molar-refractivity contribution in [3.8, 4) is 44.5 Å². The zero-order chi connectivity index (χ0) is 26.0. The minimum absolute atomic E-state index is 0.0299. The first kappa shape index (κ1) is 21.9. The van der Waals surface area contributed by atoms with Gasteiger partial charge in [-0.25, -0.2) is 0 Å². The SMILES string of the molecule is CN1c2ccc3c(c2-c2ccccc2-c2c1ccc1c2-c2ccccc2C1(C)C)-c1ccccc1C3(C)C. The Hall–Kier alpha value is -4.10. The smallest absolute Gasteiger partial charge is 0.0494 e. The van der Waals surface area contributed by atoms with E-state index in [0.29, 0.717) is 0 Å². The van der Waals surface area contributed by atoms with Crippen molar-refractivity contribution in [3.05, 3.63) is 119 Å². The van der Waals surface area contributed by atoms with E-state index in [1.54, 1.807) is 0 Å². The van der Waals surface area contributed by atoms with Crippen molar-refractivity contribution in [2.45, 2.75) is 38.5 Å². The Kier molecular flexibility index (Phi) is 4.07. The van der Waals surface area contributed by atoms with Crippen molar-refractivity contribution in [3.63, 3.8) is 0 Å². The molecule has 0 N–H and O–H groups in total. The molecule has 0 saturated heterocycles. The molecule has 1 heterocycles. The lowest BCUT2D eigenvalue weighted by Crippen LogP contribution is -2.16. The Morgan fingerprint density at radius 2 is 0.763 bits per heavy atom. The quantitative estimate of drug-likeness (QED) is 0.209. The number of benzene rings is 5. The fourth-order valence-corrected chi connectivity index (χ4v) is 7.72. The van der Waals surface area contributed by atoms with Crippen LogP contribution < -0.4 is 4.90 Å². The minimum atomic E-state index is -0.0299. The monoisotopic (exact) mass is 489 g/mol. The van der Waals surface area contributed by atoms with Gasteiger partial charge in [-0.1, -0.05) is 113 Å². The second-order valence-electron chi connectivity index (χ2n) is 12.2. The van der Waals surface area contributed by atoms with Crippen LogP contribution in [0.4, 0.5) is 11.4 Å². The molecule has 3 aliphatic rings. The molecule has 1 nitrogen and oxygen atoms in total. The Labute approximate surface area is 225 Å². The largest absolute Gasteiger partial charge is 0.344 e. The van der Waals surface area contributed by atoms with Crippen LogP contribution in [0.2, 0.25) is 0 Å². The van der Waals surface area contributed by atoms with Crippen LogP contribution >= 0.6 is 0 Å². The van der Waals surface area contributed by atoms with Gasteiger partial charge >= 0.3 is 0 Å². The molecule has 5 aromatic carbocycles. The molecule has 8 rings (SSSR count). The second-order valence-corrected chi connectivity index (χ2v) is 12.2. The second kappa shape index (κ2) is 7.05. The third-order valence-electron chi connectivity index (χ3n) is 9.64. The summed E-state index contributed by atoms with van der Waals surface area (Å²) in [5.41, 5.74) is 19.1. The molecule has 0 spiro atoms. The van der Waals surface area contributed by atoms with Crippen molar-refractivity contribution in [2.75, 3.05) is 11.9 Å². The maximum atomic E-state index is 2.44. The Balaban J connectivity index is 1.53. The average Bonchev–Trinajstić information content (AvgIpc) is 3.27.